The maximum Gasteiger partial charge on any atom is 0.405 e. The highest BCUT2D eigenvalue weighted by molar-refractivity contribution is 5.99. The van der Waals surface area contributed by atoms with Crippen molar-refractivity contribution < 1.29 is 24.2 Å². The molecule has 2 fully saturated rings. The monoisotopic (exact) mass is 515 g/mol. The smallest absolute Gasteiger partial charge is 0.405 e. The van der Waals surface area contributed by atoms with Gasteiger partial charge < -0.3 is 20.1 Å². The van der Waals surface area contributed by atoms with Crippen molar-refractivity contribution in [3.63, 3.8) is 0 Å². The SMILES string of the molecule is CC(C)(C)CC(C)(C)C[C@@H](NC(=O)O)C(=O)N1CCN(CCCOc2ccc(C(=O)C3CC3)cc2)CC1. The summed E-state index contributed by atoms with van der Waals surface area (Å²) in [5, 5.41) is 11.8. The standard InChI is InChI=1S/C29H45N3O5/c1-28(2,3)20-29(4,5)19-24(30-27(35)36)26(34)32-16-14-31(15-17-32)13-6-18-37-23-11-9-22(10-12-23)25(33)21-7-8-21/h9-12,21,24,30H,6-8,13-20H2,1-5H3,(H,35,36)/t24-/m1/s1. The Balaban J connectivity index is 1.40. The molecule has 0 unspecified atom stereocenters. The van der Waals surface area contributed by atoms with E-state index < -0.39 is 12.1 Å². The third-order valence-electron chi connectivity index (χ3n) is 7.02. The Bertz CT molecular complexity index is 926. The fourth-order valence-corrected chi connectivity index (χ4v) is 5.60. The summed E-state index contributed by atoms with van der Waals surface area (Å²) in [5.74, 6) is 1.11. The predicted molar refractivity (Wildman–Crippen MR) is 144 cm³/mol. The number of carbonyl (C=O) groups is 3. The Hall–Kier alpha value is -2.61. The maximum atomic E-state index is 13.2. The maximum absolute atomic E-state index is 13.2. The van der Waals surface area contributed by atoms with Crippen LogP contribution in [0, 0.1) is 16.7 Å². The summed E-state index contributed by atoms with van der Waals surface area (Å²) in [5.41, 5.74) is 0.685. The van der Waals surface area contributed by atoms with Gasteiger partial charge in [0, 0.05) is 44.2 Å². The van der Waals surface area contributed by atoms with Gasteiger partial charge in [0.15, 0.2) is 5.78 Å². The van der Waals surface area contributed by atoms with E-state index in [1.807, 2.05) is 24.3 Å². The topological polar surface area (TPSA) is 99.2 Å². The van der Waals surface area contributed by atoms with Gasteiger partial charge in [-0.2, -0.15) is 0 Å². The summed E-state index contributed by atoms with van der Waals surface area (Å²) >= 11 is 0. The van der Waals surface area contributed by atoms with E-state index in [2.05, 4.69) is 44.8 Å². The average Bonchev–Trinajstić information content (AvgIpc) is 3.65. The number of rotatable bonds is 12. The number of piperazine rings is 1. The quantitative estimate of drug-likeness (QED) is 0.310. The summed E-state index contributed by atoms with van der Waals surface area (Å²) in [7, 11) is 0. The minimum Gasteiger partial charge on any atom is -0.494 e. The number of ether oxygens (including phenoxy) is 1. The fourth-order valence-electron chi connectivity index (χ4n) is 5.60. The van der Waals surface area contributed by atoms with Gasteiger partial charge in [-0.15, -0.1) is 0 Å². The van der Waals surface area contributed by atoms with Crippen LogP contribution in [0.15, 0.2) is 24.3 Å². The van der Waals surface area contributed by atoms with Crippen molar-refractivity contribution in [2.45, 2.75) is 72.8 Å². The van der Waals surface area contributed by atoms with Crippen LogP contribution in [0.5, 0.6) is 5.75 Å². The van der Waals surface area contributed by atoms with Crippen molar-refractivity contribution in [2.24, 2.45) is 16.7 Å². The van der Waals surface area contributed by atoms with E-state index in [-0.39, 0.29) is 28.4 Å². The van der Waals surface area contributed by atoms with Gasteiger partial charge in [-0.3, -0.25) is 14.5 Å². The summed E-state index contributed by atoms with van der Waals surface area (Å²) in [6, 6.07) is 6.70. The summed E-state index contributed by atoms with van der Waals surface area (Å²) in [6.07, 6.45) is 3.09. The molecule has 1 aliphatic carbocycles. The van der Waals surface area contributed by atoms with E-state index in [1.165, 1.54) is 0 Å². The van der Waals surface area contributed by atoms with Crippen LogP contribution >= 0.6 is 0 Å². The normalized spacial score (nSPS) is 17.8. The molecule has 0 radical (unpaired) electrons. The zero-order valence-corrected chi connectivity index (χ0v) is 23.2. The molecular formula is C29H45N3O5. The first-order valence-corrected chi connectivity index (χ1v) is 13.6. The number of amides is 2. The summed E-state index contributed by atoms with van der Waals surface area (Å²) in [4.78, 5) is 40.9. The average molecular weight is 516 g/mol. The number of carbonyl (C=O) groups excluding carboxylic acids is 2. The molecule has 0 aromatic heterocycles. The molecule has 1 heterocycles. The Kier molecular flexibility index (Phi) is 9.62. The lowest BCUT2D eigenvalue weighted by Gasteiger charge is -2.39. The molecule has 1 aromatic carbocycles. The van der Waals surface area contributed by atoms with E-state index in [0.717, 1.165) is 56.6 Å². The third-order valence-corrected chi connectivity index (χ3v) is 7.02. The molecule has 3 rings (SSSR count). The van der Waals surface area contributed by atoms with Crippen LogP contribution in [-0.2, 0) is 4.79 Å². The van der Waals surface area contributed by atoms with Crippen LogP contribution in [0.1, 0.15) is 77.1 Å². The highest BCUT2D eigenvalue weighted by Gasteiger charge is 2.35. The molecule has 2 N–H and O–H groups in total. The second kappa shape index (κ2) is 12.3. The lowest BCUT2D eigenvalue weighted by molar-refractivity contribution is -0.136. The van der Waals surface area contributed by atoms with Gasteiger partial charge in [0.05, 0.1) is 6.61 Å². The van der Waals surface area contributed by atoms with Crippen LogP contribution in [-0.4, -0.2) is 78.1 Å². The van der Waals surface area contributed by atoms with Gasteiger partial charge in [-0.1, -0.05) is 34.6 Å². The second-order valence-corrected chi connectivity index (χ2v) is 12.6. The van der Waals surface area contributed by atoms with Crippen molar-refractivity contribution in [1.82, 2.24) is 15.1 Å². The van der Waals surface area contributed by atoms with Crippen molar-refractivity contribution >= 4 is 17.8 Å². The number of hydrogen-bond acceptors (Lipinski definition) is 5. The minimum absolute atomic E-state index is 0.0915. The molecule has 8 nitrogen and oxygen atoms in total. The predicted octanol–water partition coefficient (Wildman–Crippen LogP) is 4.68. The van der Waals surface area contributed by atoms with Crippen LogP contribution in [0.3, 0.4) is 0 Å². The van der Waals surface area contributed by atoms with Crippen LogP contribution in [0.4, 0.5) is 4.79 Å². The highest BCUT2D eigenvalue weighted by Crippen LogP contribution is 2.37. The van der Waals surface area contributed by atoms with Crippen LogP contribution in [0.2, 0.25) is 0 Å². The number of Topliss-reactive ketones (excluding diaryl/α,β-unsaturated/α-hetero) is 1. The molecule has 2 amide bonds. The van der Waals surface area contributed by atoms with E-state index in [9.17, 15) is 19.5 Å². The molecule has 0 spiro atoms. The number of ketones is 1. The van der Waals surface area contributed by atoms with E-state index in [1.54, 1.807) is 4.90 Å². The van der Waals surface area contributed by atoms with Crippen molar-refractivity contribution in [1.29, 1.82) is 0 Å². The second-order valence-electron chi connectivity index (χ2n) is 12.6. The fraction of sp³-hybridized carbons (Fsp3) is 0.690. The molecule has 8 heteroatoms. The minimum atomic E-state index is -1.16. The Morgan fingerprint density at radius 3 is 2.19 bits per heavy atom. The molecule has 1 aliphatic heterocycles. The van der Waals surface area contributed by atoms with Gasteiger partial charge in [0.1, 0.15) is 11.8 Å². The first-order chi connectivity index (χ1) is 17.3. The largest absolute Gasteiger partial charge is 0.494 e. The lowest BCUT2D eigenvalue weighted by atomic mass is 9.73. The van der Waals surface area contributed by atoms with Gasteiger partial charge >= 0.3 is 6.09 Å². The van der Waals surface area contributed by atoms with Crippen molar-refractivity contribution in [3.05, 3.63) is 29.8 Å². The lowest BCUT2D eigenvalue weighted by Crippen LogP contribution is -2.55. The van der Waals surface area contributed by atoms with Gasteiger partial charge in [0.2, 0.25) is 5.91 Å². The van der Waals surface area contributed by atoms with Gasteiger partial charge in [-0.25, -0.2) is 4.79 Å². The highest BCUT2D eigenvalue weighted by atomic mass is 16.5. The van der Waals surface area contributed by atoms with E-state index in [4.69, 9.17) is 4.74 Å². The first-order valence-electron chi connectivity index (χ1n) is 13.6. The van der Waals surface area contributed by atoms with Crippen LogP contribution < -0.4 is 10.1 Å². The molecule has 0 bridgehead atoms. The Morgan fingerprint density at radius 2 is 1.65 bits per heavy atom. The van der Waals surface area contributed by atoms with Gasteiger partial charge in [0.25, 0.3) is 0 Å². The summed E-state index contributed by atoms with van der Waals surface area (Å²) < 4.78 is 5.85. The molecule has 37 heavy (non-hydrogen) atoms. The molecule has 1 atom stereocenters. The molecule has 206 valence electrons. The van der Waals surface area contributed by atoms with Crippen molar-refractivity contribution in [2.75, 3.05) is 39.3 Å². The molecular weight excluding hydrogens is 470 g/mol. The summed E-state index contributed by atoms with van der Waals surface area (Å²) in [6.45, 7) is 14.8. The molecule has 1 saturated heterocycles. The first kappa shape index (κ1) is 29.0. The van der Waals surface area contributed by atoms with Gasteiger partial charge in [-0.05, 0) is 67.2 Å². The number of carboxylic acid groups (broad SMARTS) is 1. The van der Waals surface area contributed by atoms with E-state index in [0.29, 0.717) is 26.1 Å². The van der Waals surface area contributed by atoms with Crippen molar-refractivity contribution in [3.8, 4) is 5.75 Å². The zero-order valence-electron chi connectivity index (χ0n) is 23.2. The molecule has 2 aliphatic rings. The zero-order chi connectivity index (χ0) is 27.2. The Labute approximate surface area is 221 Å². The number of nitrogens with zero attached hydrogens (tertiary/aromatic N) is 2. The van der Waals surface area contributed by atoms with Crippen LogP contribution in [0.25, 0.3) is 0 Å². The third kappa shape index (κ3) is 9.65. The number of hydrogen-bond donors (Lipinski definition) is 2. The number of benzene rings is 1. The molecule has 1 aromatic rings. The van der Waals surface area contributed by atoms with E-state index >= 15 is 0 Å². The Morgan fingerprint density at radius 1 is 1.03 bits per heavy atom. The number of nitrogens with one attached hydrogen (secondary N) is 1. The molecule has 1 saturated carbocycles.